The van der Waals surface area contributed by atoms with E-state index in [0.29, 0.717) is 5.56 Å². The molecule has 2 rings (SSSR count). The van der Waals surface area contributed by atoms with Crippen LogP contribution in [0.2, 0.25) is 0 Å². The molecule has 0 saturated carbocycles. The Labute approximate surface area is 131 Å². The molecule has 0 radical (unpaired) electrons. The number of rotatable bonds is 5. The van der Waals surface area contributed by atoms with Crippen molar-refractivity contribution in [3.63, 3.8) is 0 Å². The number of hydrogen-bond donors (Lipinski definition) is 3. The minimum atomic E-state index is -0.428. The van der Waals surface area contributed by atoms with Gasteiger partial charge in [0.25, 0.3) is 5.91 Å². The van der Waals surface area contributed by atoms with Crippen molar-refractivity contribution in [3.8, 4) is 5.75 Å². The number of phenolic OH excluding ortho intramolecular Hbond substituents is 1. The van der Waals surface area contributed by atoms with Gasteiger partial charge in [0, 0.05) is 5.38 Å². The van der Waals surface area contributed by atoms with Crippen molar-refractivity contribution in [3.05, 3.63) is 45.6 Å². The fourth-order valence-electron chi connectivity index (χ4n) is 1.83. The number of nitrogens with one attached hydrogen (secondary N) is 1. The fourth-order valence-corrected chi connectivity index (χ4v) is 2.46. The summed E-state index contributed by atoms with van der Waals surface area (Å²) in [4.78, 5) is 23.6. The number of thiophene rings is 1. The normalized spacial score (nSPS) is 10.2. The van der Waals surface area contributed by atoms with Gasteiger partial charge < -0.3 is 20.9 Å². The van der Waals surface area contributed by atoms with Gasteiger partial charge in [0.05, 0.1) is 23.4 Å². The maximum atomic E-state index is 12.0. The van der Waals surface area contributed by atoms with Gasteiger partial charge in [-0.05, 0) is 36.1 Å². The van der Waals surface area contributed by atoms with Crippen LogP contribution in [-0.2, 0) is 4.74 Å². The van der Waals surface area contributed by atoms with Gasteiger partial charge in [-0.15, -0.1) is 0 Å². The lowest BCUT2D eigenvalue weighted by atomic mass is 10.1. The third-order valence-electron chi connectivity index (χ3n) is 2.92. The first-order valence-corrected chi connectivity index (χ1v) is 7.50. The molecule has 116 valence electrons. The largest absolute Gasteiger partial charge is 0.506 e. The number of esters is 1. The van der Waals surface area contributed by atoms with E-state index in [0.717, 1.165) is 5.56 Å². The van der Waals surface area contributed by atoms with E-state index in [2.05, 4.69) is 5.32 Å². The SMILES string of the molecule is Cc1cc(O)c(N)c(C(=O)NCCOC(=O)c2ccsc2)c1. The number of amides is 1. The van der Waals surface area contributed by atoms with E-state index < -0.39 is 11.9 Å². The minimum Gasteiger partial charge on any atom is -0.506 e. The van der Waals surface area contributed by atoms with Crippen LogP contribution in [0.4, 0.5) is 5.69 Å². The van der Waals surface area contributed by atoms with Gasteiger partial charge in [0.2, 0.25) is 0 Å². The number of nitrogens with two attached hydrogens (primary N) is 1. The molecule has 0 spiro atoms. The molecular formula is C15H16N2O4S. The van der Waals surface area contributed by atoms with E-state index in [4.69, 9.17) is 10.5 Å². The molecule has 1 aromatic carbocycles. The second-order valence-corrected chi connectivity index (χ2v) is 5.43. The second-order valence-electron chi connectivity index (χ2n) is 4.65. The van der Waals surface area contributed by atoms with Crippen LogP contribution in [0, 0.1) is 6.92 Å². The van der Waals surface area contributed by atoms with Crippen LogP contribution in [0.25, 0.3) is 0 Å². The Hall–Kier alpha value is -2.54. The van der Waals surface area contributed by atoms with E-state index >= 15 is 0 Å². The summed E-state index contributed by atoms with van der Waals surface area (Å²) in [7, 11) is 0. The third kappa shape index (κ3) is 3.76. The summed E-state index contributed by atoms with van der Waals surface area (Å²) in [5, 5.41) is 15.7. The average molecular weight is 320 g/mol. The Bertz CT molecular complexity index is 683. The lowest BCUT2D eigenvalue weighted by Gasteiger charge is -2.10. The molecule has 22 heavy (non-hydrogen) atoms. The zero-order valence-corrected chi connectivity index (χ0v) is 12.8. The first-order chi connectivity index (χ1) is 10.5. The zero-order chi connectivity index (χ0) is 16.1. The molecule has 0 unspecified atom stereocenters. The van der Waals surface area contributed by atoms with Crippen molar-refractivity contribution in [2.24, 2.45) is 0 Å². The number of aromatic hydroxyl groups is 1. The lowest BCUT2D eigenvalue weighted by Crippen LogP contribution is -2.28. The number of hydrogen-bond acceptors (Lipinski definition) is 6. The quantitative estimate of drug-likeness (QED) is 0.338. The van der Waals surface area contributed by atoms with Crippen molar-refractivity contribution in [2.45, 2.75) is 6.92 Å². The molecule has 0 bridgehead atoms. The average Bonchev–Trinajstić information content (AvgIpc) is 3.01. The van der Waals surface area contributed by atoms with E-state index in [-0.39, 0.29) is 30.2 Å². The first-order valence-electron chi connectivity index (χ1n) is 6.55. The smallest absolute Gasteiger partial charge is 0.339 e. The Morgan fingerprint density at radius 3 is 2.86 bits per heavy atom. The summed E-state index contributed by atoms with van der Waals surface area (Å²) in [6, 6.07) is 4.73. The van der Waals surface area contributed by atoms with Crippen LogP contribution < -0.4 is 11.1 Å². The molecule has 6 nitrogen and oxygen atoms in total. The van der Waals surface area contributed by atoms with Crippen LogP contribution in [0.1, 0.15) is 26.3 Å². The molecule has 0 atom stereocenters. The van der Waals surface area contributed by atoms with Gasteiger partial charge >= 0.3 is 5.97 Å². The molecule has 1 aromatic heterocycles. The van der Waals surface area contributed by atoms with Gasteiger partial charge in [0.1, 0.15) is 12.4 Å². The van der Waals surface area contributed by atoms with Crippen molar-refractivity contribution in [1.29, 1.82) is 0 Å². The number of anilines is 1. The summed E-state index contributed by atoms with van der Waals surface area (Å²) in [6.07, 6.45) is 0. The number of ether oxygens (including phenoxy) is 1. The van der Waals surface area contributed by atoms with Gasteiger partial charge in [-0.3, -0.25) is 4.79 Å². The minimum absolute atomic E-state index is 0.0263. The van der Waals surface area contributed by atoms with Crippen LogP contribution in [0.15, 0.2) is 29.0 Å². The third-order valence-corrected chi connectivity index (χ3v) is 3.61. The van der Waals surface area contributed by atoms with Gasteiger partial charge in [0.15, 0.2) is 0 Å². The number of phenols is 1. The number of nitrogen functional groups attached to an aromatic ring is 1. The number of benzene rings is 1. The molecule has 0 aliphatic rings. The summed E-state index contributed by atoms with van der Waals surface area (Å²) >= 11 is 1.41. The molecule has 0 fully saturated rings. The molecule has 0 aliphatic carbocycles. The Kier molecular flexibility index (Phi) is 5.00. The molecule has 0 aliphatic heterocycles. The van der Waals surface area contributed by atoms with Crippen molar-refractivity contribution in [2.75, 3.05) is 18.9 Å². The topological polar surface area (TPSA) is 102 Å². The van der Waals surface area contributed by atoms with E-state index in [1.807, 2.05) is 0 Å². The Morgan fingerprint density at radius 1 is 1.41 bits per heavy atom. The summed E-state index contributed by atoms with van der Waals surface area (Å²) in [6.45, 7) is 1.96. The molecule has 7 heteroatoms. The van der Waals surface area contributed by atoms with Gasteiger partial charge in [-0.25, -0.2) is 4.79 Å². The maximum absolute atomic E-state index is 12.0. The lowest BCUT2D eigenvalue weighted by molar-refractivity contribution is 0.0504. The van der Waals surface area contributed by atoms with Crippen LogP contribution in [0.5, 0.6) is 5.75 Å². The molecule has 0 saturated heterocycles. The predicted molar refractivity (Wildman–Crippen MR) is 84.2 cm³/mol. The number of aryl methyl sites for hydroxylation is 1. The van der Waals surface area contributed by atoms with Crippen molar-refractivity contribution in [1.82, 2.24) is 5.32 Å². The number of carbonyl (C=O) groups excluding carboxylic acids is 2. The number of carbonyl (C=O) groups is 2. The molecule has 4 N–H and O–H groups in total. The fraction of sp³-hybridized carbons (Fsp3) is 0.200. The highest BCUT2D eigenvalue weighted by molar-refractivity contribution is 7.08. The van der Waals surface area contributed by atoms with Gasteiger partial charge in [-0.2, -0.15) is 11.3 Å². The monoisotopic (exact) mass is 320 g/mol. The Balaban J connectivity index is 1.85. The maximum Gasteiger partial charge on any atom is 0.339 e. The highest BCUT2D eigenvalue weighted by Gasteiger charge is 2.13. The van der Waals surface area contributed by atoms with Crippen LogP contribution in [-0.4, -0.2) is 30.1 Å². The predicted octanol–water partition coefficient (Wildman–Crippen LogP) is 1.93. The van der Waals surface area contributed by atoms with E-state index in [1.54, 1.807) is 29.8 Å². The summed E-state index contributed by atoms with van der Waals surface area (Å²) in [5.74, 6) is -0.986. The molecule has 1 amide bonds. The van der Waals surface area contributed by atoms with Crippen molar-refractivity contribution < 1.29 is 19.4 Å². The standard InChI is InChI=1S/C15H16N2O4S/c1-9-6-11(13(16)12(18)7-9)14(19)17-3-4-21-15(20)10-2-5-22-8-10/h2,5-8,18H,3-4,16H2,1H3,(H,17,19). The molecule has 1 heterocycles. The molecule has 2 aromatic rings. The summed E-state index contributed by atoms with van der Waals surface area (Å²) in [5.41, 5.74) is 7.11. The zero-order valence-electron chi connectivity index (χ0n) is 12.0. The highest BCUT2D eigenvalue weighted by Crippen LogP contribution is 2.25. The van der Waals surface area contributed by atoms with Crippen LogP contribution in [0.3, 0.4) is 0 Å². The van der Waals surface area contributed by atoms with Crippen molar-refractivity contribution >= 4 is 28.9 Å². The van der Waals surface area contributed by atoms with E-state index in [1.165, 1.54) is 17.4 Å². The molecular weight excluding hydrogens is 304 g/mol. The van der Waals surface area contributed by atoms with E-state index in [9.17, 15) is 14.7 Å². The second kappa shape index (κ2) is 6.95. The van der Waals surface area contributed by atoms with Crippen LogP contribution >= 0.6 is 11.3 Å². The first kappa shape index (κ1) is 15.8. The summed E-state index contributed by atoms with van der Waals surface area (Å²) < 4.78 is 5.02. The van der Waals surface area contributed by atoms with Gasteiger partial charge in [-0.1, -0.05) is 0 Å². The highest BCUT2D eigenvalue weighted by atomic mass is 32.1. The Morgan fingerprint density at radius 2 is 2.18 bits per heavy atom.